The van der Waals surface area contributed by atoms with Gasteiger partial charge in [-0.15, -0.1) is 0 Å². The monoisotopic (exact) mass is 587 g/mol. The molecule has 0 unspecified atom stereocenters. The summed E-state index contributed by atoms with van der Waals surface area (Å²) in [6.07, 6.45) is 1.25. The molecule has 0 bridgehead atoms. The number of amides is 1. The van der Waals surface area contributed by atoms with E-state index in [1.165, 1.54) is 17.8 Å². The van der Waals surface area contributed by atoms with Crippen LogP contribution in [0.2, 0.25) is 0 Å². The summed E-state index contributed by atoms with van der Waals surface area (Å²) < 4.78 is 6.76. The Bertz CT molecular complexity index is 1950. The highest BCUT2D eigenvalue weighted by Gasteiger charge is 2.33. The van der Waals surface area contributed by atoms with Crippen molar-refractivity contribution in [3.63, 3.8) is 0 Å². The van der Waals surface area contributed by atoms with Crippen molar-refractivity contribution in [2.75, 3.05) is 12.4 Å². The number of para-hydroxylation sites is 1. The van der Waals surface area contributed by atoms with E-state index < -0.39 is 44.5 Å². The molecule has 1 aromatic heterocycles. The number of carbonyl (C=O) groups excluding carboxylic acids is 1. The van der Waals surface area contributed by atoms with Crippen LogP contribution in [-0.4, -0.2) is 32.5 Å². The molecule has 1 aliphatic heterocycles. The summed E-state index contributed by atoms with van der Waals surface area (Å²) in [7, 11) is 1.49. The summed E-state index contributed by atoms with van der Waals surface area (Å²) in [4.78, 5) is 53.2. The SMILES string of the molecule is COc1cccc([C@@H]2C(C(=O)Nc3ccccc3)=C(C)N=c3s/c(=C\c4cc([N+](=O)[O-])c(O)c([N+](=O)[O-])c4)c(=O)n32)c1. The van der Waals surface area contributed by atoms with Crippen molar-refractivity contribution in [2.24, 2.45) is 4.99 Å². The van der Waals surface area contributed by atoms with Crippen LogP contribution in [0.5, 0.6) is 11.5 Å². The smallest absolute Gasteiger partial charge is 0.318 e. The van der Waals surface area contributed by atoms with Crippen LogP contribution in [-0.2, 0) is 4.79 Å². The molecule has 14 heteroatoms. The summed E-state index contributed by atoms with van der Waals surface area (Å²) in [5.41, 5.74) is -0.719. The van der Waals surface area contributed by atoms with Crippen molar-refractivity contribution in [3.8, 4) is 11.5 Å². The molecule has 1 amide bonds. The lowest BCUT2D eigenvalue weighted by Crippen LogP contribution is -2.40. The number of benzene rings is 3. The number of aromatic nitrogens is 1. The molecule has 1 aliphatic rings. The van der Waals surface area contributed by atoms with Crippen LogP contribution in [0.4, 0.5) is 17.1 Å². The van der Waals surface area contributed by atoms with Gasteiger partial charge in [0.2, 0.25) is 0 Å². The third kappa shape index (κ3) is 5.13. The van der Waals surface area contributed by atoms with Crippen LogP contribution < -0.4 is 24.9 Å². The predicted molar refractivity (Wildman–Crippen MR) is 153 cm³/mol. The highest BCUT2D eigenvalue weighted by Crippen LogP contribution is 2.37. The van der Waals surface area contributed by atoms with Gasteiger partial charge in [0.25, 0.3) is 17.2 Å². The van der Waals surface area contributed by atoms with Gasteiger partial charge in [0, 0.05) is 17.8 Å². The van der Waals surface area contributed by atoms with E-state index in [1.807, 2.05) is 6.07 Å². The maximum Gasteiger partial charge on any atom is 0.318 e. The Morgan fingerprint density at radius 1 is 1.07 bits per heavy atom. The maximum atomic E-state index is 13.9. The van der Waals surface area contributed by atoms with Gasteiger partial charge in [0.1, 0.15) is 5.75 Å². The fourth-order valence-corrected chi connectivity index (χ4v) is 5.64. The number of phenols is 1. The maximum absolute atomic E-state index is 13.9. The average molecular weight is 588 g/mol. The van der Waals surface area contributed by atoms with E-state index >= 15 is 0 Å². The molecule has 1 atom stereocenters. The van der Waals surface area contributed by atoms with Gasteiger partial charge in [-0.3, -0.25) is 34.4 Å². The molecule has 3 aromatic carbocycles. The van der Waals surface area contributed by atoms with E-state index in [1.54, 1.807) is 55.5 Å². The second-order valence-electron chi connectivity index (χ2n) is 9.10. The standard InChI is InChI=1S/C28H21N5O8S/c1-15-23(26(35)30-18-8-4-3-5-9-18)24(17-7-6-10-19(14-17)41-2)31-27(36)22(42-28(31)29-15)13-16-11-20(32(37)38)25(34)21(12-16)33(39)40/h3-14,24,34H,1-2H3,(H,30,35)/b22-13-/t24-/m1/s1. The number of carbonyl (C=O) groups is 1. The second kappa shape index (κ2) is 11.1. The van der Waals surface area contributed by atoms with Crippen molar-refractivity contribution in [3.05, 3.63) is 129 Å². The third-order valence-electron chi connectivity index (χ3n) is 6.49. The molecule has 0 fully saturated rings. The van der Waals surface area contributed by atoms with E-state index in [0.717, 1.165) is 23.5 Å². The number of methoxy groups -OCH3 is 1. The Kier molecular flexibility index (Phi) is 7.37. The van der Waals surface area contributed by atoms with Crippen LogP contribution in [0.15, 0.2) is 87.8 Å². The molecule has 5 rings (SSSR count). The minimum absolute atomic E-state index is 0.0489. The van der Waals surface area contributed by atoms with Gasteiger partial charge in [-0.05, 0) is 48.4 Å². The van der Waals surface area contributed by atoms with Gasteiger partial charge >= 0.3 is 11.4 Å². The lowest BCUT2D eigenvalue weighted by atomic mass is 9.95. The van der Waals surface area contributed by atoms with Crippen LogP contribution in [0.25, 0.3) is 6.08 Å². The minimum Gasteiger partial charge on any atom is -0.497 e. The number of nitrogens with one attached hydrogen (secondary N) is 1. The molecule has 4 aromatic rings. The highest BCUT2D eigenvalue weighted by atomic mass is 32.1. The fraction of sp³-hybridized carbons (Fsp3) is 0.107. The Hall–Kier alpha value is -5.63. The summed E-state index contributed by atoms with van der Waals surface area (Å²) in [5, 5.41) is 35.7. The first-order valence-electron chi connectivity index (χ1n) is 12.3. The number of fused-ring (bicyclic) bond motifs is 1. The minimum atomic E-state index is -1.09. The van der Waals surface area contributed by atoms with Crippen molar-refractivity contribution in [2.45, 2.75) is 13.0 Å². The number of ether oxygens (including phenoxy) is 1. The molecule has 42 heavy (non-hydrogen) atoms. The summed E-state index contributed by atoms with van der Waals surface area (Å²) in [5.74, 6) is -1.07. The van der Waals surface area contributed by atoms with Crippen molar-refractivity contribution in [1.82, 2.24) is 4.57 Å². The van der Waals surface area contributed by atoms with Crippen LogP contribution in [0.1, 0.15) is 24.1 Å². The molecule has 212 valence electrons. The molecular weight excluding hydrogens is 566 g/mol. The molecule has 0 aliphatic carbocycles. The number of rotatable bonds is 7. The van der Waals surface area contributed by atoms with E-state index in [-0.39, 0.29) is 20.5 Å². The average Bonchev–Trinajstić information content (AvgIpc) is 3.27. The topological polar surface area (TPSA) is 179 Å². The number of allylic oxidation sites excluding steroid dienone is 1. The van der Waals surface area contributed by atoms with E-state index in [0.29, 0.717) is 22.7 Å². The van der Waals surface area contributed by atoms with E-state index in [4.69, 9.17) is 4.74 Å². The molecule has 0 spiro atoms. The molecular formula is C28H21N5O8S. The van der Waals surface area contributed by atoms with Crippen molar-refractivity contribution in [1.29, 1.82) is 0 Å². The molecule has 0 radical (unpaired) electrons. The lowest BCUT2D eigenvalue weighted by Gasteiger charge is -2.25. The zero-order chi connectivity index (χ0) is 30.1. The number of phenolic OH excluding ortho intramolecular Hbond substituents is 1. The number of hydrogen-bond donors (Lipinski definition) is 2. The predicted octanol–water partition coefficient (Wildman–Crippen LogP) is 3.40. The first kappa shape index (κ1) is 27.9. The van der Waals surface area contributed by atoms with Crippen molar-refractivity contribution < 1.29 is 24.5 Å². The summed E-state index contributed by atoms with van der Waals surface area (Å²) in [6.45, 7) is 1.65. The van der Waals surface area contributed by atoms with Gasteiger partial charge in [-0.2, -0.15) is 0 Å². The number of anilines is 1. The first-order chi connectivity index (χ1) is 20.1. The first-order valence-corrected chi connectivity index (χ1v) is 13.1. The Labute approximate surface area is 240 Å². The molecule has 0 saturated carbocycles. The van der Waals surface area contributed by atoms with Gasteiger partial charge in [0.15, 0.2) is 4.80 Å². The Balaban J connectivity index is 1.71. The van der Waals surface area contributed by atoms with Crippen LogP contribution in [0, 0.1) is 20.2 Å². The van der Waals surface area contributed by atoms with Crippen LogP contribution in [0.3, 0.4) is 0 Å². The van der Waals surface area contributed by atoms with Crippen molar-refractivity contribution >= 4 is 40.4 Å². The largest absolute Gasteiger partial charge is 0.497 e. The number of nitro groups is 2. The molecule has 2 N–H and O–H groups in total. The van der Waals surface area contributed by atoms with Gasteiger partial charge < -0.3 is 15.2 Å². The van der Waals surface area contributed by atoms with Gasteiger partial charge in [-0.25, -0.2) is 4.99 Å². The van der Waals surface area contributed by atoms with Crippen LogP contribution >= 0.6 is 11.3 Å². The lowest BCUT2D eigenvalue weighted by molar-refractivity contribution is -0.396. The van der Waals surface area contributed by atoms with E-state index in [9.17, 15) is 34.9 Å². The molecule has 0 saturated heterocycles. The zero-order valence-corrected chi connectivity index (χ0v) is 22.8. The zero-order valence-electron chi connectivity index (χ0n) is 22.0. The van der Waals surface area contributed by atoms with E-state index in [2.05, 4.69) is 10.3 Å². The van der Waals surface area contributed by atoms with Gasteiger partial charge in [-0.1, -0.05) is 41.7 Å². The van der Waals surface area contributed by atoms with Gasteiger partial charge in [0.05, 0.1) is 38.8 Å². The number of thiazole rings is 1. The normalized spacial score (nSPS) is 14.6. The second-order valence-corrected chi connectivity index (χ2v) is 10.1. The Morgan fingerprint density at radius 3 is 2.36 bits per heavy atom. The summed E-state index contributed by atoms with van der Waals surface area (Å²) >= 11 is 0.948. The number of hydrogen-bond acceptors (Lipinski definition) is 10. The quantitative estimate of drug-likeness (QED) is 0.244. The Morgan fingerprint density at radius 2 is 1.74 bits per heavy atom. The highest BCUT2D eigenvalue weighted by molar-refractivity contribution is 7.07. The third-order valence-corrected chi connectivity index (χ3v) is 7.47. The molecule has 2 heterocycles. The number of aromatic hydroxyl groups is 1. The fourth-order valence-electron chi connectivity index (χ4n) is 4.60. The number of nitro benzene ring substituents is 2. The number of nitrogens with zero attached hydrogens (tertiary/aromatic N) is 4. The summed E-state index contributed by atoms with van der Waals surface area (Å²) in [6, 6.07) is 16.6. The molecule has 13 nitrogen and oxygen atoms in total.